The summed E-state index contributed by atoms with van der Waals surface area (Å²) in [5.41, 5.74) is 0.461. The normalized spacial score (nSPS) is 26.1. The first-order chi connectivity index (χ1) is 13.0. The fraction of sp³-hybridized carbons (Fsp3) is 0.429. The van der Waals surface area contributed by atoms with Crippen LogP contribution in [0.3, 0.4) is 0 Å². The number of aliphatic hydroxyl groups excluding tert-OH is 1. The van der Waals surface area contributed by atoms with Crippen molar-refractivity contribution in [3.63, 3.8) is 0 Å². The smallest absolute Gasteiger partial charge is 0.165 e. The van der Waals surface area contributed by atoms with Gasteiger partial charge in [-0.25, -0.2) is 8.78 Å². The predicted molar refractivity (Wildman–Crippen MR) is 96.5 cm³/mol. The van der Waals surface area contributed by atoms with Gasteiger partial charge in [0, 0.05) is 19.6 Å². The molecule has 1 heterocycles. The summed E-state index contributed by atoms with van der Waals surface area (Å²) in [4.78, 5) is 2.18. The van der Waals surface area contributed by atoms with Crippen molar-refractivity contribution in [2.75, 3.05) is 19.6 Å². The highest BCUT2D eigenvalue weighted by molar-refractivity contribution is 5.29. The molecule has 2 aromatic carbocycles. The largest absolute Gasteiger partial charge is 0.505 e. The second-order valence-electron chi connectivity index (χ2n) is 7.61. The lowest BCUT2D eigenvalue weighted by molar-refractivity contribution is 0.115. The molecule has 1 unspecified atom stereocenters. The molecule has 4 rings (SSSR count). The Bertz CT molecular complexity index is 802. The lowest BCUT2D eigenvalue weighted by atomic mass is 10.0. The van der Waals surface area contributed by atoms with E-state index in [1.165, 1.54) is 24.3 Å². The van der Waals surface area contributed by atoms with E-state index in [4.69, 9.17) is 4.74 Å². The van der Waals surface area contributed by atoms with Crippen LogP contribution in [-0.4, -0.2) is 40.9 Å². The number of hydrogen-bond acceptors (Lipinski definition) is 4. The number of aromatic hydroxyl groups is 1. The second-order valence-corrected chi connectivity index (χ2v) is 7.61. The lowest BCUT2D eigenvalue weighted by Crippen LogP contribution is -2.29. The number of hydrogen-bond donors (Lipinski definition) is 2. The number of aliphatic hydroxyl groups is 1. The van der Waals surface area contributed by atoms with Crippen molar-refractivity contribution >= 4 is 0 Å². The molecule has 1 saturated heterocycles. The van der Waals surface area contributed by atoms with E-state index in [1.807, 2.05) is 0 Å². The first-order valence-corrected chi connectivity index (χ1v) is 9.29. The van der Waals surface area contributed by atoms with Crippen molar-refractivity contribution in [3.05, 3.63) is 59.7 Å². The van der Waals surface area contributed by atoms with Crippen molar-refractivity contribution in [2.45, 2.75) is 25.0 Å². The third kappa shape index (κ3) is 3.92. The average molecular weight is 375 g/mol. The van der Waals surface area contributed by atoms with Gasteiger partial charge in [-0.05, 0) is 54.5 Å². The first kappa shape index (κ1) is 18.2. The molecule has 0 radical (unpaired) electrons. The molecular formula is C21H23F2NO3. The van der Waals surface area contributed by atoms with Crippen LogP contribution in [0.1, 0.15) is 24.5 Å². The molecule has 144 valence electrons. The van der Waals surface area contributed by atoms with Gasteiger partial charge in [0.05, 0.1) is 12.2 Å². The number of phenols is 1. The van der Waals surface area contributed by atoms with Crippen LogP contribution in [0.4, 0.5) is 8.78 Å². The van der Waals surface area contributed by atoms with Crippen LogP contribution in [-0.2, 0) is 0 Å². The highest BCUT2D eigenvalue weighted by Crippen LogP contribution is 2.40. The summed E-state index contributed by atoms with van der Waals surface area (Å²) in [5, 5.41) is 19.6. The van der Waals surface area contributed by atoms with E-state index in [9.17, 15) is 19.0 Å². The van der Waals surface area contributed by atoms with Crippen LogP contribution in [0.25, 0.3) is 0 Å². The molecule has 0 aromatic heterocycles. The zero-order valence-electron chi connectivity index (χ0n) is 14.9. The molecule has 1 aliphatic carbocycles. The topological polar surface area (TPSA) is 52.9 Å². The summed E-state index contributed by atoms with van der Waals surface area (Å²) in [7, 11) is 0. The van der Waals surface area contributed by atoms with Crippen LogP contribution in [0.2, 0.25) is 0 Å². The minimum absolute atomic E-state index is 0.0233. The van der Waals surface area contributed by atoms with E-state index in [0.29, 0.717) is 29.7 Å². The summed E-state index contributed by atoms with van der Waals surface area (Å²) < 4.78 is 33.1. The Labute approximate surface area is 157 Å². The maximum absolute atomic E-state index is 13.7. The zero-order chi connectivity index (χ0) is 19.0. The molecule has 1 aliphatic heterocycles. The summed E-state index contributed by atoms with van der Waals surface area (Å²) >= 11 is 0. The Balaban J connectivity index is 1.30. The van der Waals surface area contributed by atoms with E-state index < -0.39 is 17.7 Å². The standard InChI is InChI=1S/C21H23F2NO3/c22-17-3-1-2-4-21(17)27-16-7-14-10-24(11-15(14)8-16)12-20(26)13-5-6-19(25)18(23)9-13/h1-6,9,14-16,20,25-26H,7-8,10-12H2/t14-,15+,16+,20?. The van der Waals surface area contributed by atoms with Crippen molar-refractivity contribution in [1.82, 2.24) is 4.90 Å². The highest BCUT2D eigenvalue weighted by atomic mass is 19.1. The zero-order valence-corrected chi connectivity index (χ0v) is 14.9. The van der Waals surface area contributed by atoms with E-state index in [1.54, 1.807) is 18.2 Å². The number of rotatable bonds is 5. The van der Waals surface area contributed by atoms with Gasteiger partial charge in [0.15, 0.2) is 23.1 Å². The van der Waals surface area contributed by atoms with Crippen LogP contribution < -0.4 is 4.74 Å². The fourth-order valence-electron chi connectivity index (χ4n) is 4.39. The molecule has 4 nitrogen and oxygen atoms in total. The van der Waals surface area contributed by atoms with Crippen molar-refractivity contribution in [2.24, 2.45) is 11.8 Å². The van der Waals surface area contributed by atoms with E-state index >= 15 is 0 Å². The number of likely N-dealkylation sites (tertiary alicyclic amines) is 1. The van der Waals surface area contributed by atoms with Gasteiger partial charge in [-0.3, -0.25) is 4.90 Å². The molecule has 6 heteroatoms. The molecule has 0 spiro atoms. The monoisotopic (exact) mass is 375 g/mol. The molecule has 2 N–H and O–H groups in total. The van der Waals surface area contributed by atoms with Crippen molar-refractivity contribution in [1.29, 1.82) is 0 Å². The molecule has 27 heavy (non-hydrogen) atoms. The molecule has 1 saturated carbocycles. The Kier molecular flexibility index (Phi) is 5.02. The van der Waals surface area contributed by atoms with Crippen LogP contribution in [0.15, 0.2) is 42.5 Å². The summed E-state index contributed by atoms with van der Waals surface area (Å²) in [6.45, 7) is 2.12. The third-order valence-corrected chi connectivity index (χ3v) is 5.70. The number of para-hydroxylation sites is 1. The van der Waals surface area contributed by atoms with Gasteiger partial charge in [0.2, 0.25) is 0 Å². The van der Waals surface area contributed by atoms with E-state index in [0.717, 1.165) is 25.9 Å². The van der Waals surface area contributed by atoms with Gasteiger partial charge in [0.25, 0.3) is 0 Å². The predicted octanol–water partition coefficient (Wildman–Crippen LogP) is 3.49. The fourth-order valence-corrected chi connectivity index (χ4v) is 4.39. The maximum Gasteiger partial charge on any atom is 0.165 e. The Morgan fingerprint density at radius 3 is 2.41 bits per heavy atom. The van der Waals surface area contributed by atoms with Gasteiger partial charge in [-0.1, -0.05) is 18.2 Å². The van der Waals surface area contributed by atoms with Crippen molar-refractivity contribution in [3.8, 4) is 11.5 Å². The molecule has 0 amide bonds. The number of phenolic OH excluding ortho intramolecular Hbond substituents is 1. The number of nitrogens with zero attached hydrogens (tertiary/aromatic N) is 1. The van der Waals surface area contributed by atoms with Crippen molar-refractivity contribution < 1.29 is 23.7 Å². The van der Waals surface area contributed by atoms with E-state index in [2.05, 4.69) is 4.90 Å². The third-order valence-electron chi connectivity index (χ3n) is 5.70. The maximum atomic E-state index is 13.7. The van der Waals surface area contributed by atoms with Crippen LogP contribution >= 0.6 is 0 Å². The van der Waals surface area contributed by atoms with Gasteiger partial charge >= 0.3 is 0 Å². The molecule has 4 atom stereocenters. The van der Waals surface area contributed by atoms with Crippen LogP contribution in [0, 0.1) is 23.5 Å². The second kappa shape index (κ2) is 7.44. The Morgan fingerprint density at radius 2 is 1.74 bits per heavy atom. The van der Waals surface area contributed by atoms with Gasteiger partial charge < -0.3 is 14.9 Å². The lowest BCUT2D eigenvalue weighted by Gasteiger charge is -2.22. The highest BCUT2D eigenvalue weighted by Gasteiger charge is 2.42. The molecule has 2 aromatic rings. The minimum atomic E-state index is -0.801. The molecule has 2 aliphatic rings. The summed E-state index contributed by atoms with van der Waals surface area (Å²) in [6.07, 6.45) is 0.971. The Hall–Kier alpha value is -2.18. The first-order valence-electron chi connectivity index (χ1n) is 9.29. The minimum Gasteiger partial charge on any atom is -0.505 e. The average Bonchev–Trinajstić information content (AvgIpc) is 3.17. The number of β-amino-alcohol motifs (C(OH)–C–C–N with tert-alkyl or cyclic N) is 1. The SMILES string of the molecule is Oc1ccc(C(O)CN2C[C@H]3C[C@H](Oc4ccccc4F)C[C@H]3C2)cc1F. The number of halogens is 2. The van der Waals surface area contributed by atoms with Crippen LogP contribution in [0.5, 0.6) is 11.5 Å². The summed E-state index contributed by atoms with van der Waals surface area (Å²) in [6, 6.07) is 10.5. The van der Waals surface area contributed by atoms with Gasteiger partial charge in [-0.15, -0.1) is 0 Å². The number of benzene rings is 2. The van der Waals surface area contributed by atoms with E-state index in [-0.39, 0.29) is 11.9 Å². The molecular weight excluding hydrogens is 352 g/mol. The van der Waals surface area contributed by atoms with Gasteiger partial charge in [0.1, 0.15) is 0 Å². The molecule has 2 fully saturated rings. The number of fused-ring (bicyclic) bond motifs is 1. The quantitative estimate of drug-likeness (QED) is 0.840. The molecule has 0 bridgehead atoms. The van der Waals surface area contributed by atoms with Gasteiger partial charge in [-0.2, -0.15) is 0 Å². The number of ether oxygens (including phenoxy) is 1. The summed E-state index contributed by atoms with van der Waals surface area (Å²) in [5.74, 6) is -0.235. The Morgan fingerprint density at radius 1 is 1.04 bits per heavy atom.